The van der Waals surface area contributed by atoms with Crippen molar-refractivity contribution in [1.82, 2.24) is 5.32 Å². The van der Waals surface area contributed by atoms with E-state index in [9.17, 15) is 4.79 Å². The quantitative estimate of drug-likeness (QED) is 0.408. The van der Waals surface area contributed by atoms with Gasteiger partial charge in [0.05, 0.1) is 6.61 Å². The van der Waals surface area contributed by atoms with Crippen LogP contribution in [0.4, 0.5) is 0 Å². The van der Waals surface area contributed by atoms with Gasteiger partial charge in [0, 0.05) is 28.6 Å². The Hall–Kier alpha value is -1.12. The van der Waals surface area contributed by atoms with Crippen LogP contribution in [0.3, 0.4) is 0 Å². The molecule has 0 aromatic heterocycles. The molecular weight excluding hydrogens is 481 g/mol. The monoisotopic (exact) mass is 511 g/mol. The summed E-state index contributed by atoms with van der Waals surface area (Å²) < 4.78 is 13.1. The van der Waals surface area contributed by atoms with Gasteiger partial charge < -0.3 is 19.9 Å². The Morgan fingerprint density at radius 3 is 2.69 bits per heavy atom. The highest BCUT2D eigenvalue weighted by Crippen LogP contribution is 2.44. The summed E-state index contributed by atoms with van der Waals surface area (Å²) in [5.74, 6) is 1.78. The Morgan fingerprint density at radius 1 is 1.17 bits per heavy atom. The van der Waals surface area contributed by atoms with Gasteiger partial charge in [-0.15, -0.1) is 0 Å². The molecule has 2 aliphatic carbocycles. The summed E-state index contributed by atoms with van der Waals surface area (Å²) in [6.45, 7) is 0.684. The van der Waals surface area contributed by atoms with E-state index in [1.165, 1.54) is 28.4 Å². The van der Waals surface area contributed by atoms with Crippen molar-refractivity contribution in [2.75, 3.05) is 13.2 Å². The normalized spacial score (nSPS) is 30.7. The lowest BCUT2D eigenvalue weighted by Gasteiger charge is -2.30. The standard InChI is InChI=1S/C23H30INO4/c24-19-7-5-16(6-8-19)18-13-21(29-22(14-18)28-10-2-1-9-26)23(27)25-20-12-15-3-4-17(20)11-15/h5-8,13,15,17-18,20,22,26H,1-4,9-12,14H2,(H,25,27)/t15?,17?,18-,20?,22+/m0/s1. The maximum absolute atomic E-state index is 13.0. The molecule has 3 aliphatic rings. The van der Waals surface area contributed by atoms with Gasteiger partial charge in [-0.25, -0.2) is 0 Å². The van der Waals surface area contributed by atoms with Gasteiger partial charge in [0.2, 0.25) is 6.29 Å². The second-order valence-electron chi connectivity index (χ2n) is 8.53. The van der Waals surface area contributed by atoms with Crippen molar-refractivity contribution in [1.29, 1.82) is 0 Å². The number of carbonyl (C=O) groups excluding carboxylic acids is 1. The van der Waals surface area contributed by atoms with E-state index in [-0.39, 0.29) is 24.5 Å². The molecule has 29 heavy (non-hydrogen) atoms. The van der Waals surface area contributed by atoms with Crippen LogP contribution in [-0.4, -0.2) is 36.6 Å². The molecule has 1 aromatic rings. The molecule has 5 nitrogen and oxygen atoms in total. The van der Waals surface area contributed by atoms with Gasteiger partial charge in [-0.1, -0.05) is 18.6 Å². The number of carbonyl (C=O) groups is 1. The molecule has 2 fully saturated rings. The lowest BCUT2D eigenvalue weighted by atomic mass is 9.92. The van der Waals surface area contributed by atoms with Gasteiger partial charge in [-0.05, 0) is 90.3 Å². The van der Waals surface area contributed by atoms with Gasteiger partial charge in [-0.3, -0.25) is 4.79 Å². The fourth-order valence-corrected chi connectivity index (χ4v) is 5.31. The highest BCUT2D eigenvalue weighted by molar-refractivity contribution is 14.1. The minimum Gasteiger partial charge on any atom is -0.459 e. The number of hydrogen-bond acceptors (Lipinski definition) is 4. The van der Waals surface area contributed by atoms with E-state index in [1.807, 2.05) is 6.08 Å². The number of hydrogen-bond donors (Lipinski definition) is 2. The van der Waals surface area contributed by atoms with E-state index in [1.54, 1.807) is 0 Å². The summed E-state index contributed by atoms with van der Waals surface area (Å²) in [7, 11) is 0. The van der Waals surface area contributed by atoms with Crippen LogP contribution in [0, 0.1) is 15.4 Å². The second-order valence-corrected chi connectivity index (χ2v) is 9.77. The van der Waals surface area contributed by atoms with E-state index < -0.39 is 6.29 Å². The fourth-order valence-electron chi connectivity index (χ4n) is 4.95. The van der Waals surface area contributed by atoms with Crippen LogP contribution in [0.1, 0.15) is 56.4 Å². The van der Waals surface area contributed by atoms with E-state index in [2.05, 4.69) is 52.2 Å². The molecule has 0 spiro atoms. The molecular formula is C23H30INO4. The fraction of sp³-hybridized carbons (Fsp3) is 0.609. The van der Waals surface area contributed by atoms with E-state index >= 15 is 0 Å². The predicted octanol–water partition coefficient (Wildman–Crippen LogP) is 4.10. The van der Waals surface area contributed by atoms with Crippen LogP contribution >= 0.6 is 22.6 Å². The number of amides is 1. The van der Waals surface area contributed by atoms with Crippen molar-refractivity contribution in [2.24, 2.45) is 11.8 Å². The molecule has 5 atom stereocenters. The van der Waals surface area contributed by atoms with Gasteiger partial charge >= 0.3 is 0 Å². The van der Waals surface area contributed by atoms with E-state index in [0.29, 0.717) is 31.1 Å². The number of rotatable bonds is 8. The van der Waals surface area contributed by atoms with Crippen LogP contribution < -0.4 is 5.32 Å². The number of aliphatic hydroxyl groups excluding tert-OH is 1. The molecule has 4 rings (SSSR count). The van der Waals surface area contributed by atoms with Crippen LogP contribution in [0.2, 0.25) is 0 Å². The molecule has 0 saturated heterocycles. The average molecular weight is 511 g/mol. The Kier molecular flexibility index (Phi) is 7.13. The van der Waals surface area contributed by atoms with Crippen molar-refractivity contribution < 1.29 is 19.4 Å². The smallest absolute Gasteiger partial charge is 0.286 e. The molecule has 1 amide bonds. The van der Waals surface area contributed by atoms with Crippen LogP contribution in [0.25, 0.3) is 0 Å². The summed E-state index contributed by atoms with van der Waals surface area (Å²) >= 11 is 2.30. The van der Waals surface area contributed by atoms with Crippen LogP contribution in [0.15, 0.2) is 36.1 Å². The van der Waals surface area contributed by atoms with E-state index in [0.717, 1.165) is 18.8 Å². The average Bonchev–Trinajstić information content (AvgIpc) is 3.35. The third kappa shape index (κ3) is 5.33. The Labute approximate surface area is 186 Å². The second kappa shape index (κ2) is 9.79. The van der Waals surface area contributed by atoms with E-state index in [4.69, 9.17) is 14.6 Å². The maximum atomic E-state index is 13.0. The topological polar surface area (TPSA) is 67.8 Å². The van der Waals surface area contributed by atoms with Crippen molar-refractivity contribution >= 4 is 28.5 Å². The van der Waals surface area contributed by atoms with Gasteiger partial charge in [0.1, 0.15) is 0 Å². The largest absolute Gasteiger partial charge is 0.459 e. The molecule has 6 heteroatoms. The molecule has 2 N–H and O–H groups in total. The summed E-state index contributed by atoms with van der Waals surface area (Å²) in [5, 5.41) is 12.2. The Morgan fingerprint density at radius 2 is 2.00 bits per heavy atom. The number of unbranched alkanes of at least 4 members (excludes halogenated alkanes) is 1. The number of allylic oxidation sites excluding steroid dienone is 1. The molecule has 1 aliphatic heterocycles. The van der Waals surface area contributed by atoms with Gasteiger partial charge in [0.25, 0.3) is 5.91 Å². The number of halogens is 1. The lowest BCUT2D eigenvalue weighted by molar-refractivity contribution is -0.147. The van der Waals surface area contributed by atoms with Crippen LogP contribution in [0.5, 0.6) is 0 Å². The number of ether oxygens (including phenoxy) is 2. The SMILES string of the molecule is O=C(NC1CC2CCC1C2)C1=C[C@H](c2ccc(I)cc2)C[C@H](OCCCCO)O1. The first-order valence-electron chi connectivity index (χ1n) is 10.8. The van der Waals surface area contributed by atoms with Gasteiger partial charge in [-0.2, -0.15) is 0 Å². The first kappa shape index (κ1) is 21.1. The molecule has 2 bridgehead atoms. The highest BCUT2D eigenvalue weighted by atomic mass is 127. The number of aliphatic hydroxyl groups is 1. The number of benzene rings is 1. The third-order valence-electron chi connectivity index (χ3n) is 6.49. The summed E-state index contributed by atoms with van der Waals surface area (Å²) in [5.41, 5.74) is 1.17. The number of fused-ring (bicyclic) bond motifs is 2. The minimum atomic E-state index is -0.441. The Balaban J connectivity index is 1.44. The molecule has 3 unspecified atom stereocenters. The highest BCUT2D eigenvalue weighted by Gasteiger charge is 2.41. The molecule has 0 radical (unpaired) electrons. The number of nitrogens with one attached hydrogen (secondary N) is 1. The predicted molar refractivity (Wildman–Crippen MR) is 119 cm³/mol. The molecule has 158 valence electrons. The van der Waals surface area contributed by atoms with Crippen LogP contribution in [-0.2, 0) is 14.3 Å². The summed E-state index contributed by atoms with van der Waals surface area (Å²) in [4.78, 5) is 13.0. The zero-order valence-corrected chi connectivity index (χ0v) is 18.8. The third-order valence-corrected chi connectivity index (χ3v) is 7.21. The first-order chi connectivity index (χ1) is 14.1. The zero-order valence-electron chi connectivity index (χ0n) is 16.7. The minimum absolute atomic E-state index is 0.0874. The Bertz CT molecular complexity index is 735. The van der Waals surface area contributed by atoms with Crippen molar-refractivity contribution in [3.63, 3.8) is 0 Å². The lowest BCUT2D eigenvalue weighted by Crippen LogP contribution is -2.41. The van der Waals surface area contributed by atoms with Crippen molar-refractivity contribution in [2.45, 2.75) is 63.2 Å². The summed E-state index contributed by atoms with van der Waals surface area (Å²) in [6, 6.07) is 8.69. The van der Waals surface area contributed by atoms with Crippen molar-refractivity contribution in [3.8, 4) is 0 Å². The zero-order chi connectivity index (χ0) is 20.2. The van der Waals surface area contributed by atoms with Crippen molar-refractivity contribution in [3.05, 3.63) is 45.2 Å². The first-order valence-corrected chi connectivity index (χ1v) is 11.9. The maximum Gasteiger partial charge on any atom is 0.286 e. The molecule has 2 saturated carbocycles. The summed E-state index contributed by atoms with van der Waals surface area (Å²) in [6.07, 6.45) is 8.60. The molecule has 1 heterocycles. The van der Waals surface area contributed by atoms with Gasteiger partial charge in [0.15, 0.2) is 5.76 Å². The molecule has 1 aromatic carbocycles.